The summed E-state index contributed by atoms with van der Waals surface area (Å²) in [5, 5.41) is 6.69. The van der Waals surface area contributed by atoms with Crippen LogP contribution in [-0.4, -0.2) is 37.7 Å². The number of halogens is 1. The predicted molar refractivity (Wildman–Crippen MR) is 145 cm³/mol. The van der Waals surface area contributed by atoms with Crippen LogP contribution >= 0.6 is 24.0 Å². The number of aromatic nitrogens is 1. The first-order chi connectivity index (χ1) is 16.2. The Morgan fingerprint density at radius 3 is 2.65 bits per heavy atom. The van der Waals surface area contributed by atoms with Crippen molar-refractivity contribution in [1.82, 2.24) is 15.6 Å². The van der Waals surface area contributed by atoms with E-state index in [0.29, 0.717) is 30.5 Å². The van der Waals surface area contributed by atoms with Gasteiger partial charge in [-0.2, -0.15) is 0 Å². The molecule has 1 aliphatic heterocycles. The second-order valence-electron chi connectivity index (χ2n) is 7.63. The van der Waals surface area contributed by atoms with Gasteiger partial charge in [0.2, 0.25) is 5.88 Å². The summed E-state index contributed by atoms with van der Waals surface area (Å²) in [5.41, 5.74) is 3.63. The van der Waals surface area contributed by atoms with Crippen LogP contribution in [-0.2, 0) is 19.4 Å². The van der Waals surface area contributed by atoms with Crippen molar-refractivity contribution in [2.24, 2.45) is 4.99 Å². The van der Waals surface area contributed by atoms with E-state index in [1.807, 2.05) is 43.3 Å². The van der Waals surface area contributed by atoms with Crippen LogP contribution in [0, 0.1) is 0 Å². The Kier molecular flexibility index (Phi) is 9.81. The van der Waals surface area contributed by atoms with Gasteiger partial charge in [-0.05, 0) is 48.2 Å². The fourth-order valence-electron chi connectivity index (χ4n) is 3.62. The van der Waals surface area contributed by atoms with Crippen molar-refractivity contribution >= 4 is 29.9 Å². The highest BCUT2D eigenvalue weighted by molar-refractivity contribution is 14.0. The molecule has 0 fully saturated rings. The van der Waals surface area contributed by atoms with E-state index in [0.717, 1.165) is 43.3 Å². The molecule has 0 aliphatic carbocycles. The third kappa shape index (κ3) is 6.99. The Labute approximate surface area is 218 Å². The molecule has 8 heteroatoms. The lowest BCUT2D eigenvalue weighted by molar-refractivity contribution is 0.319. The molecule has 1 aromatic heterocycles. The molecule has 0 spiro atoms. The Morgan fingerprint density at radius 1 is 1.06 bits per heavy atom. The van der Waals surface area contributed by atoms with E-state index in [2.05, 4.69) is 38.8 Å². The summed E-state index contributed by atoms with van der Waals surface area (Å²) < 4.78 is 17.1. The number of rotatable bonds is 9. The highest BCUT2D eigenvalue weighted by Gasteiger charge is 2.12. The molecule has 0 saturated carbocycles. The molecule has 4 rings (SSSR count). The molecule has 0 saturated heterocycles. The van der Waals surface area contributed by atoms with Crippen molar-refractivity contribution in [2.45, 2.75) is 26.3 Å². The van der Waals surface area contributed by atoms with Crippen LogP contribution < -0.4 is 24.8 Å². The minimum atomic E-state index is 0. The number of pyridine rings is 1. The van der Waals surface area contributed by atoms with Crippen LogP contribution in [0.5, 0.6) is 23.1 Å². The normalized spacial score (nSPS) is 12.2. The number of nitrogens with one attached hydrogen (secondary N) is 2. The summed E-state index contributed by atoms with van der Waals surface area (Å²) >= 11 is 0. The molecule has 34 heavy (non-hydrogen) atoms. The number of fused-ring (bicyclic) bond motifs is 1. The fourth-order valence-corrected chi connectivity index (χ4v) is 3.62. The van der Waals surface area contributed by atoms with Gasteiger partial charge in [-0.25, -0.2) is 4.98 Å². The van der Waals surface area contributed by atoms with Crippen LogP contribution in [0.15, 0.2) is 65.8 Å². The van der Waals surface area contributed by atoms with E-state index in [1.54, 1.807) is 13.2 Å². The van der Waals surface area contributed by atoms with Gasteiger partial charge in [0.25, 0.3) is 0 Å². The molecular weight excluding hydrogens is 543 g/mol. The molecule has 0 amide bonds. The maximum Gasteiger partial charge on any atom is 0.219 e. The van der Waals surface area contributed by atoms with E-state index >= 15 is 0 Å². The highest BCUT2D eigenvalue weighted by atomic mass is 127. The van der Waals surface area contributed by atoms with Crippen molar-refractivity contribution in [3.8, 4) is 23.1 Å². The van der Waals surface area contributed by atoms with Gasteiger partial charge in [0.1, 0.15) is 5.75 Å². The lowest BCUT2D eigenvalue weighted by Gasteiger charge is -2.13. The molecule has 0 radical (unpaired) electrons. The third-order valence-electron chi connectivity index (χ3n) is 5.30. The Balaban J connectivity index is 0.00000324. The largest absolute Gasteiger partial charge is 0.493 e. The van der Waals surface area contributed by atoms with Crippen LogP contribution in [0.2, 0.25) is 0 Å². The Morgan fingerprint density at radius 2 is 1.88 bits per heavy atom. The number of nitrogens with zero attached hydrogens (tertiary/aromatic N) is 2. The van der Waals surface area contributed by atoms with E-state index in [9.17, 15) is 0 Å². The number of hydrogen-bond donors (Lipinski definition) is 2. The summed E-state index contributed by atoms with van der Waals surface area (Å²) in [4.78, 5) is 8.73. The maximum absolute atomic E-state index is 5.89. The highest BCUT2D eigenvalue weighted by Crippen LogP contribution is 2.30. The van der Waals surface area contributed by atoms with Gasteiger partial charge in [0, 0.05) is 38.8 Å². The van der Waals surface area contributed by atoms with Crippen molar-refractivity contribution < 1.29 is 14.2 Å². The third-order valence-corrected chi connectivity index (χ3v) is 5.30. The first-order valence-electron chi connectivity index (χ1n) is 11.3. The zero-order valence-electron chi connectivity index (χ0n) is 19.5. The summed E-state index contributed by atoms with van der Waals surface area (Å²) in [6, 6.07) is 17.9. The van der Waals surface area contributed by atoms with Crippen molar-refractivity contribution in [1.29, 1.82) is 0 Å². The minimum Gasteiger partial charge on any atom is -0.493 e. The van der Waals surface area contributed by atoms with Crippen LogP contribution in [0.1, 0.15) is 23.6 Å². The molecular formula is C26H31IN4O3. The van der Waals surface area contributed by atoms with E-state index in [1.165, 1.54) is 11.1 Å². The second-order valence-corrected chi connectivity index (χ2v) is 7.63. The molecule has 0 atom stereocenters. The molecule has 0 bridgehead atoms. The van der Waals surface area contributed by atoms with Gasteiger partial charge < -0.3 is 24.8 Å². The van der Waals surface area contributed by atoms with Crippen LogP contribution in [0.3, 0.4) is 0 Å². The summed E-state index contributed by atoms with van der Waals surface area (Å²) in [6.07, 6.45) is 3.72. The Bertz CT molecular complexity index is 1090. The number of hydrogen-bond acceptors (Lipinski definition) is 5. The van der Waals surface area contributed by atoms with Crippen molar-refractivity contribution in [2.75, 3.05) is 26.8 Å². The lowest BCUT2D eigenvalue weighted by atomic mass is 10.1. The average molecular weight is 574 g/mol. The zero-order chi connectivity index (χ0) is 22.9. The summed E-state index contributed by atoms with van der Waals surface area (Å²) in [5.74, 6) is 3.65. The van der Waals surface area contributed by atoms with E-state index in [4.69, 9.17) is 14.2 Å². The smallest absolute Gasteiger partial charge is 0.219 e. The Hall–Kier alpha value is -3.01. The predicted octanol–water partition coefficient (Wildman–Crippen LogP) is 4.73. The molecule has 2 heterocycles. The number of guanidine groups is 1. The molecule has 2 aromatic carbocycles. The van der Waals surface area contributed by atoms with Crippen LogP contribution in [0.4, 0.5) is 0 Å². The van der Waals surface area contributed by atoms with Gasteiger partial charge in [-0.15, -0.1) is 24.0 Å². The standard InChI is InChI=1S/C26H30N4O3.HI/c1-3-31-23-6-4-5-7-24(23)33-25-11-9-20(17-29-25)18-30-26(27-2)28-14-12-19-8-10-22-21(16-19)13-15-32-22;/h4-11,16-17H,3,12-15,18H2,1-2H3,(H2,27,28,30);1H. The summed E-state index contributed by atoms with van der Waals surface area (Å²) in [7, 11) is 1.77. The van der Waals surface area contributed by atoms with Gasteiger partial charge in [-0.3, -0.25) is 4.99 Å². The number of aliphatic imine (C=N–C) groups is 1. The van der Waals surface area contributed by atoms with E-state index in [-0.39, 0.29) is 24.0 Å². The number of ether oxygens (including phenoxy) is 3. The molecule has 7 nitrogen and oxygen atoms in total. The fraction of sp³-hybridized carbons (Fsp3) is 0.308. The topological polar surface area (TPSA) is 77.0 Å². The van der Waals surface area contributed by atoms with Crippen LogP contribution in [0.25, 0.3) is 0 Å². The van der Waals surface area contributed by atoms with Crippen molar-refractivity contribution in [3.63, 3.8) is 0 Å². The molecule has 0 unspecified atom stereocenters. The van der Waals surface area contributed by atoms with Gasteiger partial charge in [-0.1, -0.05) is 30.3 Å². The quantitative estimate of drug-likeness (QED) is 0.219. The monoisotopic (exact) mass is 574 g/mol. The number of benzene rings is 2. The molecule has 1 aliphatic rings. The summed E-state index contributed by atoms with van der Waals surface area (Å²) in [6.45, 7) is 4.72. The van der Waals surface area contributed by atoms with Gasteiger partial charge in [0.05, 0.1) is 13.2 Å². The van der Waals surface area contributed by atoms with Gasteiger partial charge in [0.15, 0.2) is 17.5 Å². The maximum atomic E-state index is 5.89. The average Bonchev–Trinajstić information content (AvgIpc) is 3.31. The zero-order valence-corrected chi connectivity index (χ0v) is 21.9. The lowest BCUT2D eigenvalue weighted by Crippen LogP contribution is -2.37. The first kappa shape index (κ1) is 25.6. The molecule has 180 valence electrons. The number of para-hydroxylation sites is 2. The molecule has 2 N–H and O–H groups in total. The SMILES string of the molecule is CCOc1ccccc1Oc1ccc(CNC(=NC)NCCc2ccc3c(c2)CCO3)cn1.I. The molecule has 3 aromatic rings. The first-order valence-corrected chi connectivity index (χ1v) is 11.3. The van der Waals surface area contributed by atoms with E-state index < -0.39 is 0 Å². The van der Waals surface area contributed by atoms with Crippen molar-refractivity contribution in [3.05, 3.63) is 77.5 Å². The minimum absolute atomic E-state index is 0. The van der Waals surface area contributed by atoms with Gasteiger partial charge >= 0.3 is 0 Å². The second kappa shape index (κ2) is 13.0.